The third-order valence-electron chi connectivity index (χ3n) is 7.57. The Balaban J connectivity index is 1.25. The average Bonchev–Trinajstić information content (AvgIpc) is 3.47. The first-order chi connectivity index (χ1) is 21.2. The molecule has 0 aliphatic carbocycles. The predicted octanol–water partition coefficient (Wildman–Crippen LogP) is 5.87. The Bertz CT molecular complexity index is 1700. The molecule has 0 fully saturated rings. The monoisotopic (exact) mass is 617 g/mol. The van der Waals surface area contributed by atoms with Crippen molar-refractivity contribution in [3.8, 4) is 23.0 Å². The van der Waals surface area contributed by atoms with Gasteiger partial charge in [0.05, 0.1) is 25.1 Å². The largest absolute Gasteiger partial charge is 0.493 e. The van der Waals surface area contributed by atoms with Gasteiger partial charge in [0.15, 0.2) is 28.2 Å². The molecule has 2 heterocycles. The van der Waals surface area contributed by atoms with Crippen LogP contribution in [0.3, 0.4) is 0 Å². The summed E-state index contributed by atoms with van der Waals surface area (Å²) in [6.45, 7) is 7.56. The molecule has 1 amide bonds. The zero-order valence-electron chi connectivity index (χ0n) is 25.9. The number of amides is 1. The van der Waals surface area contributed by atoms with E-state index >= 15 is 0 Å². The summed E-state index contributed by atoms with van der Waals surface area (Å²) in [5.74, 6) is 3.04. The molecule has 44 heavy (non-hydrogen) atoms. The first kappa shape index (κ1) is 31.3. The van der Waals surface area contributed by atoms with Crippen molar-refractivity contribution < 1.29 is 23.7 Å². The maximum Gasteiger partial charge on any atom is 0.262 e. The fraction of sp³-hybridized carbons (Fsp3) is 0.382. The number of carbonyl (C=O) groups excluding carboxylic acids is 1. The van der Waals surface area contributed by atoms with Gasteiger partial charge in [0.1, 0.15) is 0 Å². The van der Waals surface area contributed by atoms with E-state index in [2.05, 4.69) is 50.4 Å². The van der Waals surface area contributed by atoms with Crippen molar-refractivity contribution in [2.75, 3.05) is 27.6 Å². The molecular formula is C34H39N3O6S. The van der Waals surface area contributed by atoms with Gasteiger partial charge in [0, 0.05) is 31.3 Å². The van der Waals surface area contributed by atoms with Crippen LogP contribution in [0.15, 0.2) is 64.5 Å². The van der Waals surface area contributed by atoms with Crippen LogP contribution in [0.25, 0.3) is 10.9 Å². The highest BCUT2D eigenvalue weighted by molar-refractivity contribution is 7.98. The summed E-state index contributed by atoms with van der Waals surface area (Å²) in [6.07, 6.45) is 1.44. The second-order valence-corrected chi connectivity index (χ2v) is 12.6. The minimum Gasteiger partial charge on any atom is -0.493 e. The van der Waals surface area contributed by atoms with Gasteiger partial charge >= 0.3 is 0 Å². The summed E-state index contributed by atoms with van der Waals surface area (Å²) in [4.78, 5) is 31.2. The predicted molar refractivity (Wildman–Crippen MR) is 172 cm³/mol. The van der Waals surface area contributed by atoms with Crippen LogP contribution in [0, 0.1) is 0 Å². The van der Waals surface area contributed by atoms with Gasteiger partial charge in [-0.3, -0.25) is 14.2 Å². The van der Waals surface area contributed by atoms with Crippen LogP contribution in [-0.2, 0) is 28.9 Å². The van der Waals surface area contributed by atoms with Gasteiger partial charge in [0.2, 0.25) is 12.7 Å². The van der Waals surface area contributed by atoms with E-state index in [4.69, 9.17) is 23.9 Å². The molecule has 1 aromatic heterocycles. The standard InChI is InChI=1S/C34H39N3O6S/c1-34(2,3)24-11-8-23(9-12-24)20-44-33-36-26-19-30-29(42-21-43-30)18-25(26)32(39)37(33)16-6-7-31(38)35-15-14-22-10-13-27(40-4)28(17-22)41-5/h8-13,17-19H,6-7,14-16,20-21H2,1-5H3,(H,35,38). The first-order valence-corrected chi connectivity index (χ1v) is 15.7. The summed E-state index contributed by atoms with van der Waals surface area (Å²) in [6, 6.07) is 17.7. The fourth-order valence-electron chi connectivity index (χ4n) is 5.02. The molecule has 4 aromatic rings. The number of nitrogens with zero attached hydrogens (tertiary/aromatic N) is 2. The summed E-state index contributed by atoms with van der Waals surface area (Å²) < 4.78 is 23.4. The van der Waals surface area contributed by atoms with Gasteiger partial charge in [-0.15, -0.1) is 0 Å². The van der Waals surface area contributed by atoms with E-state index in [0.717, 1.165) is 11.1 Å². The molecule has 1 N–H and O–H groups in total. The van der Waals surface area contributed by atoms with Gasteiger partial charge in [-0.25, -0.2) is 4.98 Å². The molecule has 3 aromatic carbocycles. The molecule has 1 aliphatic rings. The average molecular weight is 618 g/mol. The first-order valence-electron chi connectivity index (χ1n) is 14.7. The molecule has 9 nitrogen and oxygen atoms in total. The molecule has 1 aliphatic heterocycles. The summed E-state index contributed by atoms with van der Waals surface area (Å²) in [7, 11) is 3.20. The van der Waals surface area contributed by atoms with Crippen LogP contribution in [0.1, 0.15) is 50.3 Å². The van der Waals surface area contributed by atoms with Crippen molar-refractivity contribution in [2.24, 2.45) is 0 Å². The number of thioether (sulfide) groups is 1. The fourth-order valence-corrected chi connectivity index (χ4v) is 6.00. The van der Waals surface area contributed by atoms with Crippen molar-refractivity contribution in [1.29, 1.82) is 0 Å². The van der Waals surface area contributed by atoms with Crippen molar-refractivity contribution in [3.05, 3.63) is 81.6 Å². The maximum absolute atomic E-state index is 13.7. The molecule has 0 saturated carbocycles. The summed E-state index contributed by atoms with van der Waals surface area (Å²) in [5, 5.41) is 4.05. The Kier molecular flexibility index (Phi) is 9.68. The lowest BCUT2D eigenvalue weighted by Gasteiger charge is -2.19. The number of hydrogen-bond donors (Lipinski definition) is 1. The highest BCUT2D eigenvalue weighted by Crippen LogP contribution is 2.35. The molecule has 232 valence electrons. The lowest BCUT2D eigenvalue weighted by atomic mass is 9.87. The van der Waals surface area contributed by atoms with Crippen molar-refractivity contribution in [2.45, 2.75) is 62.9 Å². The quantitative estimate of drug-likeness (QED) is 0.156. The van der Waals surface area contributed by atoms with Crippen LogP contribution in [0.4, 0.5) is 0 Å². The van der Waals surface area contributed by atoms with E-state index in [9.17, 15) is 9.59 Å². The van der Waals surface area contributed by atoms with Crippen LogP contribution in [-0.4, -0.2) is 43.0 Å². The number of ether oxygens (including phenoxy) is 4. The van der Waals surface area contributed by atoms with E-state index in [0.29, 0.717) is 70.7 Å². The van der Waals surface area contributed by atoms with Gasteiger partial charge in [-0.2, -0.15) is 0 Å². The van der Waals surface area contributed by atoms with Gasteiger partial charge in [-0.1, -0.05) is 62.9 Å². The normalized spacial score (nSPS) is 12.4. The lowest BCUT2D eigenvalue weighted by molar-refractivity contribution is -0.121. The van der Waals surface area contributed by atoms with E-state index in [1.807, 2.05) is 18.2 Å². The van der Waals surface area contributed by atoms with Crippen molar-refractivity contribution in [3.63, 3.8) is 0 Å². The van der Waals surface area contributed by atoms with E-state index < -0.39 is 0 Å². The topological polar surface area (TPSA) is 101 Å². The molecule has 0 spiro atoms. The van der Waals surface area contributed by atoms with Gasteiger partial charge in [-0.05, 0) is 53.1 Å². The lowest BCUT2D eigenvalue weighted by Crippen LogP contribution is -2.27. The third-order valence-corrected chi connectivity index (χ3v) is 8.62. The molecular weight excluding hydrogens is 578 g/mol. The molecule has 0 atom stereocenters. The summed E-state index contributed by atoms with van der Waals surface area (Å²) in [5.41, 5.74) is 3.93. The number of aromatic nitrogens is 2. The molecule has 0 radical (unpaired) electrons. The Morgan fingerprint density at radius 3 is 2.39 bits per heavy atom. The van der Waals surface area contributed by atoms with Gasteiger partial charge < -0.3 is 24.3 Å². The molecule has 5 rings (SSSR count). The van der Waals surface area contributed by atoms with E-state index in [1.54, 1.807) is 30.9 Å². The molecule has 0 bridgehead atoms. The number of nitrogens with one attached hydrogen (secondary N) is 1. The molecule has 10 heteroatoms. The number of hydrogen-bond acceptors (Lipinski definition) is 8. The minimum absolute atomic E-state index is 0.0659. The van der Waals surface area contributed by atoms with Crippen LogP contribution < -0.4 is 29.8 Å². The number of fused-ring (bicyclic) bond motifs is 2. The van der Waals surface area contributed by atoms with E-state index in [1.165, 1.54) is 17.3 Å². The second kappa shape index (κ2) is 13.6. The van der Waals surface area contributed by atoms with E-state index in [-0.39, 0.29) is 30.1 Å². The Labute approximate surface area is 261 Å². The van der Waals surface area contributed by atoms with Crippen molar-refractivity contribution >= 4 is 28.6 Å². The Morgan fingerprint density at radius 2 is 1.68 bits per heavy atom. The number of rotatable bonds is 12. The Hall–Kier alpha value is -4.18. The SMILES string of the molecule is COc1ccc(CCNC(=O)CCCn2c(SCc3ccc(C(C)(C)C)cc3)nc3cc4c(cc3c2=O)OCO4)cc1OC. The molecule has 0 saturated heterocycles. The van der Waals surface area contributed by atoms with Crippen LogP contribution >= 0.6 is 11.8 Å². The Morgan fingerprint density at radius 1 is 0.977 bits per heavy atom. The maximum atomic E-state index is 13.7. The van der Waals surface area contributed by atoms with Crippen molar-refractivity contribution in [1.82, 2.24) is 14.9 Å². The van der Waals surface area contributed by atoms with Crippen LogP contribution in [0.5, 0.6) is 23.0 Å². The zero-order valence-corrected chi connectivity index (χ0v) is 26.7. The minimum atomic E-state index is -0.159. The summed E-state index contributed by atoms with van der Waals surface area (Å²) >= 11 is 1.51. The zero-order chi connectivity index (χ0) is 31.3. The molecule has 0 unspecified atom stereocenters. The van der Waals surface area contributed by atoms with Gasteiger partial charge in [0.25, 0.3) is 5.56 Å². The number of benzene rings is 3. The number of methoxy groups -OCH3 is 2. The second-order valence-electron chi connectivity index (χ2n) is 11.7. The third kappa shape index (κ3) is 7.30. The van der Waals surface area contributed by atoms with Crippen LogP contribution in [0.2, 0.25) is 0 Å². The highest BCUT2D eigenvalue weighted by Gasteiger charge is 2.20. The number of carbonyl (C=O) groups is 1. The highest BCUT2D eigenvalue weighted by atomic mass is 32.2. The smallest absolute Gasteiger partial charge is 0.262 e.